The van der Waals surface area contributed by atoms with E-state index in [-0.39, 0.29) is 16.7 Å². The summed E-state index contributed by atoms with van der Waals surface area (Å²) in [4.78, 5) is 26.9. The number of fused-ring (bicyclic) bond motifs is 1. The largest absolute Gasteiger partial charge is 0.493 e. The Morgan fingerprint density at radius 1 is 0.811 bits per heavy atom. The molecule has 2 heterocycles. The van der Waals surface area contributed by atoms with Crippen molar-refractivity contribution in [3.63, 3.8) is 0 Å². The van der Waals surface area contributed by atoms with Crippen molar-refractivity contribution in [2.45, 2.75) is 52.4 Å². The molecule has 1 amide bonds. The molecule has 0 saturated carbocycles. The first-order valence-electron chi connectivity index (χ1n) is 12.7. The molecule has 1 aromatic heterocycles. The Balaban J connectivity index is 1.56. The zero-order chi connectivity index (χ0) is 27.1. The molecule has 0 atom stereocenters. The van der Waals surface area contributed by atoms with Crippen molar-refractivity contribution in [2.24, 2.45) is 0 Å². The summed E-state index contributed by atoms with van der Waals surface area (Å²) in [5.41, 5.74) is 9.98. The fourth-order valence-corrected chi connectivity index (χ4v) is 4.52. The van der Waals surface area contributed by atoms with E-state index < -0.39 is 0 Å². The lowest BCUT2D eigenvalue weighted by Gasteiger charge is -2.35. The summed E-state index contributed by atoms with van der Waals surface area (Å²) < 4.78 is 10.8. The number of benzene rings is 2. The molecule has 8 heteroatoms. The van der Waals surface area contributed by atoms with Crippen molar-refractivity contribution in [1.82, 2.24) is 14.9 Å². The minimum absolute atomic E-state index is 0.0466. The average molecular weight is 506 g/mol. The SMILES string of the molecule is COc1cc2nc(N3CCN(C(=O)c4cc(C(C)(C)C)cc(C(C)(C)C)c4)CC3)nc(N)c2cc1OC. The molecule has 1 aliphatic rings. The monoisotopic (exact) mass is 505 g/mol. The van der Waals surface area contributed by atoms with E-state index in [1.807, 2.05) is 11.0 Å². The highest BCUT2D eigenvalue weighted by Gasteiger charge is 2.27. The standard InChI is InChI=1S/C29H39N5O3/c1-28(2,3)19-13-18(14-20(15-19)29(4,5)6)26(35)33-9-11-34(12-10-33)27-31-22-17-24(37-8)23(36-7)16-21(22)25(30)32-27/h13-17H,9-12H2,1-8H3,(H2,30,31,32). The molecular weight excluding hydrogens is 466 g/mol. The van der Waals surface area contributed by atoms with Crippen molar-refractivity contribution < 1.29 is 14.3 Å². The normalized spacial score (nSPS) is 14.7. The van der Waals surface area contributed by atoms with Gasteiger partial charge in [-0.1, -0.05) is 47.6 Å². The van der Waals surface area contributed by atoms with Crippen molar-refractivity contribution in [3.8, 4) is 11.5 Å². The number of rotatable bonds is 4. The van der Waals surface area contributed by atoms with Crippen LogP contribution >= 0.6 is 0 Å². The lowest BCUT2D eigenvalue weighted by atomic mass is 9.79. The van der Waals surface area contributed by atoms with Crippen molar-refractivity contribution in [3.05, 3.63) is 47.0 Å². The number of aromatic nitrogens is 2. The van der Waals surface area contributed by atoms with E-state index >= 15 is 0 Å². The van der Waals surface area contributed by atoms with Crippen LogP contribution in [-0.2, 0) is 10.8 Å². The number of hydrogen-bond acceptors (Lipinski definition) is 7. The number of amides is 1. The number of carbonyl (C=O) groups is 1. The van der Waals surface area contributed by atoms with E-state index in [1.165, 1.54) is 11.1 Å². The molecule has 37 heavy (non-hydrogen) atoms. The highest BCUT2D eigenvalue weighted by Crippen LogP contribution is 2.34. The smallest absolute Gasteiger partial charge is 0.253 e. The van der Waals surface area contributed by atoms with Crippen LogP contribution < -0.4 is 20.1 Å². The number of nitrogens with zero attached hydrogens (tertiary/aromatic N) is 4. The minimum atomic E-state index is -0.0466. The summed E-state index contributed by atoms with van der Waals surface area (Å²) >= 11 is 0. The van der Waals surface area contributed by atoms with Crippen LogP contribution in [0.5, 0.6) is 11.5 Å². The number of carbonyl (C=O) groups excluding carboxylic acids is 1. The summed E-state index contributed by atoms with van der Waals surface area (Å²) in [6.07, 6.45) is 0. The molecule has 8 nitrogen and oxygen atoms in total. The first kappa shape index (κ1) is 26.5. The number of anilines is 2. The summed E-state index contributed by atoms with van der Waals surface area (Å²) in [6, 6.07) is 9.95. The second kappa shape index (κ2) is 9.72. The van der Waals surface area contributed by atoms with E-state index in [2.05, 4.69) is 69.6 Å². The molecule has 0 radical (unpaired) electrons. The number of hydrogen-bond donors (Lipinski definition) is 1. The Morgan fingerprint density at radius 2 is 1.35 bits per heavy atom. The number of nitrogens with two attached hydrogens (primary N) is 1. The number of piperazine rings is 1. The maximum atomic E-state index is 13.6. The summed E-state index contributed by atoms with van der Waals surface area (Å²) in [5.74, 6) is 2.16. The Morgan fingerprint density at radius 3 is 1.86 bits per heavy atom. The van der Waals surface area contributed by atoms with Crippen LogP contribution in [0.2, 0.25) is 0 Å². The lowest BCUT2D eigenvalue weighted by molar-refractivity contribution is 0.0746. The third-order valence-electron chi connectivity index (χ3n) is 6.98. The van der Waals surface area contributed by atoms with Gasteiger partial charge in [-0.15, -0.1) is 0 Å². The van der Waals surface area contributed by atoms with E-state index in [0.29, 0.717) is 60.3 Å². The van der Waals surface area contributed by atoms with Crippen LogP contribution in [0.4, 0.5) is 11.8 Å². The third-order valence-corrected chi connectivity index (χ3v) is 6.98. The minimum Gasteiger partial charge on any atom is -0.493 e. The maximum absolute atomic E-state index is 13.6. The molecule has 3 aromatic rings. The number of nitrogen functional groups attached to an aromatic ring is 1. The topological polar surface area (TPSA) is 93.8 Å². The molecular formula is C29H39N5O3. The van der Waals surface area contributed by atoms with E-state index in [4.69, 9.17) is 20.2 Å². The zero-order valence-corrected chi connectivity index (χ0v) is 23.3. The van der Waals surface area contributed by atoms with Gasteiger partial charge < -0.3 is 25.0 Å². The summed E-state index contributed by atoms with van der Waals surface area (Å²) in [7, 11) is 3.17. The predicted molar refractivity (Wildman–Crippen MR) is 149 cm³/mol. The van der Waals surface area contributed by atoms with Crippen LogP contribution in [-0.4, -0.2) is 61.2 Å². The fraction of sp³-hybridized carbons (Fsp3) is 0.483. The third kappa shape index (κ3) is 5.43. The van der Waals surface area contributed by atoms with E-state index in [1.54, 1.807) is 20.3 Å². The van der Waals surface area contributed by atoms with Gasteiger partial charge in [0.05, 0.1) is 19.7 Å². The summed E-state index contributed by atoms with van der Waals surface area (Å²) in [5, 5.41) is 0.712. The molecule has 1 fully saturated rings. The molecule has 2 aromatic carbocycles. The number of methoxy groups -OCH3 is 2. The lowest BCUT2D eigenvalue weighted by Crippen LogP contribution is -2.49. The highest BCUT2D eigenvalue weighted by molar-refractivity contribution is 5.95. The molecule has 2 N–H and O–H groups in total. The van der Waals surface area contributed by atoms with Gasteiger partial charge in [0, 0.05) is 43.2 Å². The molecule has 198 valence electrons. The van der Waals surface area contributed by atoms with Crippen LogP contribution in [0.1, 0.15) is 63.0 Å². The fourth-order valence-electron chi connectivity index (χ4n) is 4.52. The Labute approximate surface area is 219 Å². The van der Waals surface area contributed by atoms with Crippen LogP contribution in [0.3, 0.4) is 0 Å². The molecule has 0 aliphatic carbocycles. The van der Waals surface area contributed by atoms with Gasteiger partial charge in [-0.3, -0.25) is 4.79 Å². The van der Waals surface area contributed by atoms with Gasteiger partial charge in [0.15, 0.2) is 11.5 Å². The van der Waals surface area contributed by atoms with E-state index in [9.17, 15) is 4.79 Å². The Hall–Kier alpha value is -3.55. The van der Waals surface area contributed by atoms with Crippen molar-refractivity contribution in [2.75, 3.05) is 51.0 Å². The second-order valence-electron chi connectivity index (χ2n) is 11.7. The molecule has 1 saturated heterocycles. The molecule has 1 aliphatic heterocycles. The van der Waals surface area contributed by atoms with Crippen LogP contribution in [0.25, 0.3) is 10.9 Å². The van der Waals surface area contributed by atoms with Gasteiger partial charge >= 0.3 is 0 Å². The zero-order valence-electron chi connectivity index (χ0n) is 23.3. The molecule has 4 rings (SSSR count). The summed E-state index contributed by atoms with van der Waals surface area (Å²) in [6.45, 7) is 15.5. The molecule has 0 spiro atoms. The second-order valence-corrected chi connectivity index (χ2v) is 11.7. The van der Waals surface area contributed by atoms with Gasteiger partial charge in [-0.05, 0) is 40.2 Å². The van der Waals surface area contributed by atoms with Gasteiger partial charge in [-0.25, -0.2) is 4.98 Å². The van der Waals surface area contributed by atoms with Crippen molar-refractivity contribution in [1.29, 1.82) is 0 Å². The van der Waals surface area contributed by atoms with Crippen LogP contribution in [0, 0.1) is 0 Å². The average Bonchev–Trinajstić information content (AvgIpc) is 2.86. The van der Waals surface area contributed by atoms with Crippen LogP contribution in [0.15, 0.2) is 30.3 Å². The first-order chi connectivity index (χ1) is 17.3. The Bertz CT molecular complexity index is 1280. The van der Waals surface area contributed by atoms with Gasteiger partial charge in [0.1, 0.15) is 5.82 Å². The first-order valence-corrected chi connectivity index (χ1v) is 12.7. The number of ether oxygens (including phenoxy) is 2. The quantitative estimate of drug-likeness (QED) is 0.545. The Kier molecular flexibility index (Phi) is 6.97. The maximum Gasteiger partial charge on any atom is 0.253 e. The predicted octanol–water partition coefficient (Wildman–Crippen LogP) is 4.79. The van der Waals surface area contributed by atoms with Gasteiger partial charge in [0.2, 0.25) is 5.95 Å². The highest BCUT2D eigenvalue weighted by atomic mass is 16.5. The molecule has 0 bridgehead atoms. The van der Waals surface area contributed by atoms with Crippen molar-refractivity contribution >= 4 is 28.6 Å². The van der Waals surface area contributed by atoms with E-state index in [0.717, 1.165) is 5.56 Å². The van der Waals surface area contributed by atoms with Gasteiger partial charge in [-0.2, -0.15) is 4.98 Å². The molecule has 0 unspecified atom stereocenters. The van der Waals surface area contributed by atoms with Gasteiger partial charge in [0.25, 0.3) is 5.91 Å².